The predicted octanol–water partition coefficient (Wildman–Crippen LogP) is 2.10. The van der Waals surface area contributed by atoms with Crippen molar-refractivity contribution in [1.82, 2.24) is 15.1 Å². The highest BCUT2D eigenvalue weighted by Crippen LogP contribution is 2.24. The highest BCUT2D eigenvalue weighted by molar-refractivity contribution is 5.95. The first-order valence-corrected chi connectivity index (χ1v) is 9.90. The highest BCUT2D eigenvalue weighted by atomic mass is 16.6. The zero-order valence-corrected chi connectivity index (χ0v) is 17.3. The Morgan fingerprint density at radius 1 is 0.968 bits per heavy atom. The average Bonchev–Trinajstić information content (AvgIpc) is 2.79. The van der Waals surface area contributed by atoms with E-state index in [1.165, 1.54) is 4.90 Å². The summed E-state index contributed by atoms with van der Waals surface area (Å²) in [5.74, 6) is 1.03. The molecule has 0 unspecified atom stereocenters. The molecule has 0 radical (unpaired) electrons. The van der Waals surface area contributed by atoms with Crippen molar-refractivity contribution in [1.29, 1.82) is 0 Å². The van der Waals surface area contributed by atoms with E-state index in [9.17, 15) is 25.0 Å². The number of piperazine rings is 1. The van der Waals surface area contributed by atoms with E-state index in [0.29, 0.717) is 32.0 Å². The van der Waals surface area contributed by atoms with Gasteiger partial charge >= 0.3 is 0 Å². The van der Waals surface area contributed by atoms with Crippen molar-refractivity contribution in [3.8, 4) is 0 Å². The number of hydrogen-bond donors (Lipinski definition) is 0. The van der Waals surface area contributed by atoms with E-state index in [2.05, 4.69) is 15.1 Å². The summed E-state index contributed by atoms with van der Waals surface area (Å²) in [5, 5.41) is 30.7. The number of nitro groups is 2. The third-order valence-corrected chi connectivity index (χ3v) is 5.19. The Labute approximate surface area is 178 Å². The summed E-state index contributed by atoms with van der Waals surface area (Å²) in [6.45, 7) is 7.48. The molecule has 1 aromatic heterocycles. The number of carbonyl (C=O) groups excluding carboxylic acids is 1. The molecule has 0 saturated carbocycles. The number of aromatic nitrogens is 2. The second-order valence-corrected chi connectivity index (χ2v) is 6.95. The first kappa shape index (κ1) is 21.9. The van der Waals surface area contributed by atoms with Gasteiger partial charge in [0.05, 0.1) is 21.5 Å². The molecule has 0 bridgehead atoms. The van der Waals surface area contributed by atoms with Crippen LogP contribution in [-0.4, -0.2) is 70.1 Å². The maximum atomic E-state index is 12.8. The van der Waals surface area contributed by atoms with Gasteiger partial charge in [0.1, 0.15) is 0 Å². The van der Waals surface area contributed by atoms with E-state index < -0.39 is 27.1 Å². The van der Waals surface area contributed by atoms with Gasteiger partial charge in [-0.2, -0.15) is 0 Å². The number of anilines is 2. The minimum atomic E-state index is -0.748. The highest BCUT2D eigenvalue weighted by Gasteiger charge is 2.26. The molecule has 0 aliphatic carbocycles. The zero-order valence-electron chi connectivity index (χ0n) is 17.3. The van der Waals surface area contributed by atoms with E-state index >= 15 is 0 Å². The third-order valence-electron chi connectivity index (χ3n) is 5.19. The molecule has 12 heteroatoms. The normalized spacial score (nSPS) is 13.7. The van der Waals surface area contributed by atoms with E-state index in [-0.39, 0.29) is 5.56 Å². The summed E-state index contributed by atoms with van der Waals surface area (Å²) in [6.07, 6.45) is 0. The third kappa shape index (κ3) is 4.85. The maximum absolute atomic E-state index is 12.8. The number of amides is 1. The summed E-state index contributed by atoms with van der Waals surface area (Å²) in [7, 11) is 0. The van der Waals surface area contributed by atoms with Crippen LogP contribution in [0, 0.1) is 20.2 Å². The van der Waals surface area contributed by atoms with Crippen LogP contribution in [-0.2, 0) is 0 Å². The molecular formula is C19H23N7O5. The fourth-order valence-electron chi connectivity index (χ4n) is 3.45. The lowest BCUT2D eigenvalue weighted by atomic mass is 10.1. The summed E-state index contributed by atoms with van der Waals surface area (Å²) < 4.78 is 0. The largest absolute Gasteiger partial charge is 0.356 e. The van der Waals surface area contributed by atoms with Crippen LogP contribution in [0.1, 0.15) is 24.2 Å². The summed E-state index contributed by atoms with van der Waals surface area (Å²) >= 11 is 0. The Hall–Kier alpha value is -3.83. The second kappa shape index (κ2) is 9.32. The molecule has 1 amide bonds. The van der Waals surface area contributed by atoms with Crippen LogP contribution in [0.15, 0.2) is 30.3 Å². The average molecular weight is 429 g/mol. The van der Waals surface area contributed by atoms with Crippen molar-refractivity contribution in [2.75, 3.05) is 49.1 Å². The molecule has 12 nitrogen and oxygen atoms in total. The van der Waals surface area contributed by atoms with Crippen molar-refractivity contribution in [3.05, 3.63) is 56.1 Å². The molecule has 3 rings (SSSR count). The molecule has 1 aliphatic rings. The second-order valence-electron chi connectivity index (χ2n) is 6.95. The number of nitro benzene ring substituents is 2. The van der Waals surface area contributed by atoms with E-state index in [1.807, 2.05) is 30.9 Å². The van der Waals surface area contributed by atoms with E-state index in [0.717, 1.165) is 37.1 Å². The first-order valence-electron chi connectivity index (χ1n) is 9.90. The van der Waals surface area contributed by atoms with Gasteiger partial charge in [0.25, 0.3) is 17.3 Å². The van der Waals surface area contributed by atoms with Crippen molar-refractivity contribution in [3.63, 3.8) is 0 Å². The van der Waals surface area contributed by atoms with Gasteiger partial charge in [-0.1, -0.05) is 0 Å². The summed E-state index contributed by atoms with van der Waals surface area (Å²) in [4.78, 5) is 39.1. The van der Waals surface area contributed by atoms with Crippen molar-refractivity contribution in [2.24, 2.45) is 0 Å². The number of nitrogens with zero attached hydrogens (tertiary/aromatic N) is 7. The monoisotopic (exact) mass is 429 g/mol. The van der Waals surface area contributed by atoms with Crippen LogP contribution in [0.25, 0.3) is 0 Å². The SMILES string of the molecule is CCN(CC)c1ccc(N2CCN(C(=O)c3cc([N+](=O)[O-])cc([N+](=O)[O-])c3)CC2)nn1. The molecule has 1 fully saturated rings. The molecule has 0 atom stereocenters. The quantitative estimate of drug-likeness (QED) is 0.478. The minimum absolute atomic E-state index is 0.0716. The lowest BCUT2D eigenvalue weighted by Gasteiger charge is -2.35. The Balaban J connectivity index is 1.69. The van der Waals surface area contributed by atoms with E-state index in [1.54, 1.807) is 0 Å². The number of rotatable bonds is 7. The standard InChI is InChI=1S/C19H23N7O5/c1-3-22(4-2)17-5-6-18(21-20-17)23-7-9-24(10-8-23)19(27)14-11-15(25(28)29)13-16(12-14)26(30)31/h5-6,11-13H,3-4,7-10H2,1-2H3. The molecule has 0 N–H and O–H groups in total. The van der Waals surface area contributed by atoms with Gasteiger partial charge < -0.3 is 14.7 Å². The minimum Gasteiger partial charge on any atom is -0.356 e. The van der Waals surface area contributed by atoms with Crippen molar-refractivity contribution < 1.29 is 14.6 Å². The molecule has 1 aromatic carbocycles. The van der Waals surface area contributed by atoms with Crippen LogP contribution in [0.2, 0.25) is 0 Å². The molecule has 2 aromatic rings. The number of benzene rings is 1. The molecule has 0 spiro atoms. The van der Waals surface area contributed by atoms with Gasteiger partial charge in [-0.05, 0) is 26.0 Å². The smallest absolute Gasteiger partial charge is 0.277 e. The summed E-state index contributed by atoms with van der Waals surface area (Å²) in [6, 6.07) is 6.78. The van der Waals surface area contributed by atoms with Crippen LogP contribution in [0.3, 0.4) is 0 Å². The van der Waals surface area contributed by atoms with E-state index in [4.69, 9.17) is 0 Å². The topological polar surface area (TPSA) is 139 Å². The lowest BCUT2D eigenvalue weighted by molar-refractivity contribution is -0.394. The van der Waals surface area contributed by atoms with Crippen LogP contribution in [0.5, 0.6) is 0 Å². The van der Waals surface area contributed by atoms with Gasteiger partial charge in [0.2, 0.25) is 0 Å². The Bertz CT molecular complexity index is 938. The Kier molecular flexibility index (Phi) is 6.58. The molecule has 1 aliphatic heterocycles. The molecule has 2 heterocycles. The first-order chi connectivity index (χ1) is 14.8. The number of hydrogen-bond acceptors (Lipinski definition) is 9. The van der Waals surface area contributed by atoms with Crippen LogP contribution in [0.4, 0.5) is 23.0 Å². The van der Waals surface area contributed by atoms with Crippen molar-refractivity contribution in [2.45, 2.75) is 13.8 Å². The van der Waals surface area contributed by atoms with Crippen molar-refractivity contribution >= 4 is 28.9 Å². The van der Waals surface area contributed by atoms with Crippen LogP contribution >= 0.6 is 0 Å². The molecule has 31 heavy (non-hydrogen) atoms. The van der Waals surface area contributed by atoms with Crippen LogP contribution < -0.4 is 9.80 Å². The predicted molar refractivity (Wildman–Crippen MR) is 113 cm³/mol. The number of non-ortho nitro benzene ring substituents is 2. The molecule has 1 saturated heterocycles. The van der Waals surface area contributed by atoms with Gasteiger partial charge in [-0.25, -0.2) is 0 Å². The van der Waals surface area contributed by atoms with Gasteiger partial charge in [0, 0.05) is 51.4 Å². The molecular weight excluding hydrogens is 406 g/mol. The fraction of sp³-hybridized carbons (Fsp3) is 0.421. The number of carbonyl (C=O) groups is 1. The lowest BCUT2D eigenvalue weighted by Crippen LogP contribution is -2.49. The Morgan fingerprint density at radius 2 is 1.55 bits per heavy atom. The fourth-order valence-corrected chi connectivity index (χ4v) is 3.45. The summed E-state index contributed by atoms with van der Waals surface area (Å²) in [5.41, 5.74) is -1.04. The zero-order chi connectivity index (χ0) is 22.5. The molecule has 164 valence electrons. The maximum Gasteiger partial charge on any atom is 0.277 e. The van der Waals surface area contributed by atoms with Gasteiger partial charge in [0.15, 0.2) is 11.6 Å². The van der Waals surface area contributed by atoms with Gasteiger partial charge in [-0.15, -0.1) is 10.2 Å². The van der Waals surface area contributed by atoms with Gasteiger partial charge in [-0.3, -0.25) is 25.0 Å². The Morgan fingerprint density at radius 3 is 2.00 bits per heavy atom.